The van der Waals surface area contributed by atoms with Crippen LogP contribution in [0.15, 0.2) is 24.3 Å². The van der Waals surface area contributed by atoms with Gasteiger partial charge in [-0.05, 0) is 44.5 Å². The molecule has 0 aliphatic carbocycles. The summed E-state index contributed by atoms with van der Waals surface area (Å²) in [5.41, 5.74) is 7.92. The zero-order valence-corrected chi connectivity index (χ0v) is 11.3. The third kappa shape index (κ3) is 2.80. The Morgan fingerprint density at radius 2 is 2.21 bits per heavy atom. The van der Waals surface area contributed by atoms with Crippen LogP contribution in [0.2, 0.25) is 0 Å². The van der Waals surface area contributed by atoms with Gasteiger partial charge in [-0.15, -0.1) is 0 Å². The molecule has 1 aliphatic rings. The van der Waals surface area contributed by atoms with E-state index in [1.54, 1.807) is 0 Å². The van der Waals surface area contributed by atoms with Crippen LogP contribution >= 0.6 is 0 Å². The van der Waals surface area contributed by atoms with Crippen molar-refractivity contribution in [2.24, 2.45) is 5.73 Å². The molecular formula is C15H22N4. The molecular weight excluding hydrogens is 236 g/mol. The molecule has 1 saturated heterocycles. The van der Waals surface area contributed by atoms with Gasteiger partial charge < -0.3 is 10.7 Å². The third-order valence-corrected chi connectivity index (χ3v) is 4.04. The highest BCUT2D eigenvalue weighted by molar-refractivity contribution is 5.74. The summed E-state index contributed by atoms with van der Waals surface area (Å²) < 4.78 is 0. The number of nitrogens with two attached hydrogens (primary N) is 1. The summed E-state index contributed by atoms with van der Waals surface area (Å²) in [6, 6.07) is 8.85. The molecule has 2 aromatic rings. The number of rotatable bonds is 4. The van der Waals surface area contributed by atoms with Crippen molar-refractivity contribution < 1.29 is 0 Å². The molecule has 1 aromatic heterocycles. The summed E-state index contributed by atoms with van der Waals surface area (Å²) >= 11 is 0. The Morgan fingerprint density at radius 1 is 1.32 bits per heavy atom. The number of benzene rings is 1. The summed E-state index contributed by atoms with van der Waals surface area (Å²) in [4.78, 5) is 10.6. The second kappa shape index (κ2) is 5.72. The number of fused-ring (bicyclic) bond motifs is 1. The molecule has 1 unspecified atom stereocenters. The Morgan fingerprint density at radius 3 is 3.05 bits per heavy atom. The van der Waals surface area contributed by atoms with Crippen LogP contribution in [0.25, 0.3) is 11.0 Å². The number of piperidine rings is 1. The topological polar surface area (TPSA) is 57.9 Å². The van der Waals surface area contributed by atoms with Crippen molar-refractivity contribution in [3.8, 4) is 0 Å². The van der Waals surface area contributed by atoms with Gasteiger partial charge in [0, 0.05) is 6.04 Å². The number of hydrogen-bond acceptors (Lipinski definition) is 3. The van der Waals surface area contributed by atoms with Crippen LogP contribution in [-0.2, 0) is 6.54 Å². The fourth-order valence-electron chi connectivity index (χ4n) is 3.06. The SMILES string of the molecule is NCCC1CCCCN1Cc1nc2ccccc2[nH]1. The van der Waals surface area contributed by atoms with Gasteiger partial charge in [-0.25, -0.2) is 4.98 Å². The van der Waals surface area contributed by atoms with Gasteiger partial charge in [-0.1, -0.05) is 18.6 Å². The van der Waals surface area contributed by atoms with Gasteiger partial charge in [-0.3, -0.25) is 4.90 Å². The molecule has 0 bridgehead atoms. The molecule has 0 spiro atoms. The Balaban J connectivity index is 1.75. The first kappa shape index (κ1) is 12.6. The average Bonchev–Trinajstić information content (AvgIpc) is 2.83. The number of aromatic nitrogens is 2. The van der Waals surface area contributed by atoms with Gasteiger partial charge in [0.2, 0.25) is 0 Å². The first-order valence-corrected chi connectivity index (χ1v) is 7.24. The lowest BCUT2D eigenvalue weighted by Crippen LogP contribution is -2.40. The molecule has 0 saturated carbocycles. The highest BCUT2D eigenvalue weighted by atomic mass is 15.2. The van der Waals surface area contributed by atoms with Crippen LogP contribution < -0.4 is 5.73 Å². The number of para-hydroxylation sites is 2. The summed E-state index contributed by atoms with van der Waals surface area (Å²) in [7, 11) is 0. The molecule has 1 aromatic carbocycles. The Labute approximate surface area is 114 Å². The van der Waals surface area contributed by atoms with E-state index in [0.29, 0.717) is 6.04 Å². The molecule has 4 nitrogen and oxygen atoms in total. The van der Waals surface area contributed by atoms with Crippen LogP contribution in [0.1, 0.15) is 31.5 Å². The quantitative estimate of drug-likeness (QED) is 0.884. The number of H-pyrrole nitrogens is 1. The van der Waals surface area contributed by atoms with Crippen molar-refractivity contribution in [2.45, 2.75) is 38.3 Å². The van der Waals surface area contributed by atoms with Crippen molar-refractivity contribution in [2.75, 3.05) is 13.1 Å². The van der Waals surface area contributed by atoms with Crippen molar-refractivity contribution in [1.82, 2.24) is 14.9 Å². The number of likely N-dealkylation sites (tertiary alicyclic amines) is 1. The monoisotopic (exact) mass is 258 g/mol. The lowest BCUT2D eigenvalue weighted by molar-refractivity contribution is 0.131. The standard InChI is InChI=1S/C15H22N4/c16-9-8-12-5-3-4-10-19(12)11-15-17-13-6-1-2-7-14(13)18-15/h1-2,6-7,12H,3-5,8-11,16H2,(H,17,18). The van der Waals surface area contributed by atoms with Gasteiger partial charge >= 0.3 is 0 Å². The van der Waals surface area contributed by atoms with Gasteiger partial charge in [0.05, 0.1) is 17.6 Å². The van der Waals surface area contributed by atoms with Crippen molar-refractivity contribution in [3.63, 3.8) is 0 Å². The first-order valence-electron chi connectivity index (χ1n) is 7.24. The van der Waals surface area contributed by atoms with Crippen molar-refractivity contribution in [1.29, 1.82) is 0 Å². The molecule has 102 valence electrons. The van der Waals surface area contributed by atoms with Crippen molar-refractivity contribution in [3.05, 3.63) is 30.1 Å². The maximum absolute atomic E-state index is 5.73. The van der Waals surface area contributed by atoms with E-state index < -0.39 is 0 Å². The lowest BCUT2D eigenvalue weighted by atomic mass is 9.99. The van der Waals surface area contributed by atoms with Crippen molar-refractivity contribution >= 4 is 11.0 Å². The van der Waals surface area contributed by atoms with E-state index in [1.807, 2.05) is 12.1 Å². The molecule has 19 heavy (non-hydrogen) atoms. The zero-order valence-electron chi connectivity index (χ0n) is 11.3. The molecule has 3 N–H and O–H groups in total. The number of hydrogen-bond donors (Lipinski definition) is 2. The van der Waals surface area contributed by atoms with E-state index in [9.17, 15) is 0 Å². The second-order valence-corrected chi connectivity index (χ2v) is 5.40. The van der Waals surface area contributed by atoms with Crippen LogP contribution in [0.3, 0.4) is 0 Å². The fraction of sp³-hybridized carbons (Fsp3) is 0.533. The smallest absolute Gasteiger partial charge is 0.121 e. The Hall–Kier alpha value is -1.39. The molecule has 0 amide bonds. The van der Waals surface area contributed by atoms with E-state index in [2.05, 4.69) is 27.0 Å². The molecule has 1 atom stereocenters. The molecule has 1 fully saturated rings. The minimum absolute atomic E-state index is 0.631. The maximum Gasteiger partial charge on any atom is 0.121 e. The lowest BCUT2D eigenvalue weighted by Gasteiger charge is -2.34. The van der Waals surface area contributed by atoms with Crippen LogP contribution in [0, 0.1) is 0 Å². The summed E-state index contributed by atoms with van der Waals surface area (Å²) in [5, 5.41) is 0. The van der Waals surface area contributed by atoms with E-state index in [1.165, 1.54) is 25.8 Å². The summed E-state index contributed by atoms with van der Waals surface area (Å²) in [6.07, 6.45) is 5.00. The minimum atomic E-state index is 0.631. The molecule has 3 rings (SSSR count). The van der Waals surface area contributed by atoms with Crippen LogP contribution in [0.4, 0.5) is 0 Å². The van der Waals surface area contributed by atoms with Crippen LogP contribution in [-0.4, -0.2) is 34.0 Å². The van der Waals surface area contributed by atoms with E-state index in [-0.39, 0.29) is 0 Å². The maximum atomic E-state index is 5.73. The molecule has 4 heteroatoms. The highest BCUT2D eigenvalue weighted by Gasteiger charge is 2.22. The van der Waals surface area contributed by atoms with E-state index in [0.717, 1.165) is 36.4 Å². The predicted molar refractivity (Wildman–Crippen MR) is 77.8 cm³/mol. The fourth-order valence-corrected chi connectivity index (χ4v) is 3.06. The average molecular weight is 258 g/mol. The molecule has 2 heterocycles. The molecule has 1 aliphatic heterocycles. The Kier molecular flexibility index (Phi) is 3.80. The van der Waals surface area contributed by atoms with Gasteiger partial charge in [0.1, 0.15) is 5.82 Å². The highest BCUT2D eigenvalue weighted by Crippen LogP contribution is 2.21. The third-order valence-electron chi connectivity index (χ3n) is 4.04. The minimum Gasteiger partial charge on any atom is -0.341 e. The normalized spacial score (nSPS) is 21.0. The molecule has 0 radical (unpaired) electrons. The summed E-state index contributed by atoms with van der Waals surface area (Å²) in [6.45, 7) is 2.86. The van der Waals surface area contributed by atoms with Crippen LogP contribution in [0.5, 0.6) is 0 Å². The number of nitrogens with zero attached hydrogens (tertiary/aromatic N) is 2. The van der Waals surface area contributed by atoms with Gasteiger partial charge in [-0.2, -0.15) is 0 Å². The van der Waals surface area contributed by atoms with Gasteiger partial charge in [0.15, 0.2) is 0 Å². The number of nitrogens with one attached hydrogen (secondary N) is 1. The predicted octanol–water partition coefficient (Wildman–Crippen LogP) is 2.27. The van der Waals surface area contributed by atoms with E-state index >= 15 is 0 Å². The van der Waals surface area contributed by atoms with E-state index in [4.69, 9.17) is 5.73 Å². The zero-order chi connectivity index (χ0) is 13.1. The summed E-state index contributed by atoms with van der Waals surface area (Å²) in [5.74, 6) is 1.07. The Bertz CT molecular complexity index is 499. The number of aromatic amines is 1. The van der Waals surface area contributed by atoms with Gasteiger partial charge in [0.25, 0.3) is 0 Å². The largest absolute Gasteiger partial charge is 0.341 e. The number of imidazole rings is 1. The first-order chi connectivity index (χ1) is 9.36. The second-order valence-electron chi connectivity index (χ2n) is 5.40.